The number of hydrogen-bond donors (Lipinski definition) is 1. The summed E-state index contributed by atoms with van der Waals surface area (Å²) in [5, 5.41) is 12.3. The number of benzene rings is 3. The van der Waals surface area contributed by atoms with Gasteiger partial charge >= 0.3 is 0 Å². The quantitative estimate of drug-likeness (QED) is 0.581. The van der Waals surface area contributed by atoms with Gasteiger partial charge in [0.2, 0.25) is 0 Å². The van der Waals surface area contributed by atoms with Crippen molar-refractivity contribution in [2.75, 3.05) is 6.61 Å². The zero-order valence-corrected chi connectivity index (χ0v) is 14.5. The molecule has 3 aromatic carbocycles. The summed E-state index contributed by atoms with van der Waals surface area (Å²) in [6.07, 6.45) is -0.210. The molecular weight excluding hydrogens is 406 g/mol. The van der Waals surface area contributed by atoms with Crippen LogP contribution in [0.1, 0.15) is 18.1 Å². The molecule has 1 atom stereocenters. The lowest BCUT2D eigenvalue weighted by molar-refractivity contribution is 0.141. The number of aliphatic hydroxyl groups excluding tert-OH is 1. The van der Waals surface area contributed by atoms with E-state index in [1.165, 1.54) is 15.7 Å². The number of ether oxygens (including phenoxy) is 1. The zero-order chi connectivity index (χ0) is 16.2. The van der Waals surface area contributed by atoms with E-state index >= 15 is 0 Å². The number of aliphatic hydroxyl groups is 1. The molecule has 23 heavy (non-hydrogen) atoms. The van der Waals surface area contributed by atoms with E-state index in [1.807, 2.05) is 24.3 Å². The van der Waals surface area contributed by atoms with Crippen LogP contribution in [0.2, 0.25) is 0 Å². The van der Waals surface area contributed by atoms with Gasteiger partial charge in [0.25, 0.3) is 0 Å². The Bertz CT molecular complexity index is 802. The van der Waals surface area contributed by atoms with Gasteiger partial charge in [-0.2, -0.15) is 0 Å². The minimum absolute atomic E-state index is 0.303. The first-order chi connectivity index (χ1) is 11.1. The Morgan fingerprint density at radius 3 is 2.61 bits per heavy atom. The smallest absolute Gasteiger partial charge is 0.127 e. The van der Waals surface area contributed by atoms with Crippen molar-refractivity contribution < 1.29 is 14.2 Å². The summed E-state index contributed by atoms with van der Waals surface area (Å²) in [7, 11) is 0. The van der Waals surface area contributed by atoms with E-state index in [0.29, 0.717) is 18.6 Å². The molecule has 1 unspecified atom stereocenters. The van der Waals surface area contributed by atoms with Gasteiger partial charge in [0.05, 0.1) is 12.7 Å². The highest BCUT2D eigenvalue weighted by atomic mass is 127. The highest BCUT2D eigenvalue weighted by Crippen LogP contribution is 2.27. The molecule has 0 aliphatic heterocycles. The van der Waals surface area contributed by atoms with E-state index in [9.17, 15) is 9.50 Å². The van der Waals surface area contributed by atoms with Crippen molar-refractivity contribution in [3.63, 3.8) is 0 Å². The predicted octanol–water partition coefficient (Wildman–Crippen LogP) is 5.09. The van der Waals surface area contributed by atoms with Gasteiger partial charge in [-0.05, 0) is 69.9 Å². The second-order valence-electron chi connectivity index (χ2n) is 5.33. The molecule has 0 heterocycles. The molecular formula is C19H16FIO2. The Balaban J connectivity index is 1.65. The van der Waals surface area contributed by atoms with Crippen molar-refractivity contribution in [2.24, 2.45) is 0 Å². The van der Waals surface area contributed by atoms with Crippen LogP contribution >= 0.6 is 22.6 Å². The Labute approximate surface area is 148 Å². The van der Waals surface area contributed by atoms with Crippen molar-refractivity contribution in [2.45, 2.75) is 12.5 Å². The van der Waals surface area contributed by atoms with Crippen molar-refractivity contribution in [1.29, 1.82) is 0 Å². The molecule has 0 bridgehead atoms. The summed E-state index contributed by atoms with van der Waals surface area (Å²) in [6.45, 7) is 0.393. The fourth-order valence-electron chi connectivity index (χ4n) is 2.48. The van der Waals surface area contributed by atoms with Crippen LogP contribution in [0, 0.1) is 9.39 Å². The summed E-state index contributed by atoms with van der Waals surface area (Å²) in [5.74, 6) is 0.507. The third kappa shape index (κ3) is 4.00. The molecule has 3 aromatic rings. The Hall–Kier alpha value is -1.66. The maximum atomic E-state index is 12.9. The molecule has 0 saturated heterocycles. The molecule has 0 aliphatic carbocycles. The van der Waals surface area contributed by atoms with Crippen molar-refractivity contribution in [1.82, 2.24) is 0 Å². The van der Waals surface area contributed by atoms with Crippen LogP contribution in [0.15, 0.2) is 60.7 Å². The lowest BCUT2D eigenvalue weighted by Gasteiger charge is -2.13. The van der Waals surface area contributed by atoms with Crippen LogP contribution in [0.4, 0.5) is 4.39 Å². The third-order valence-electron chi connectivity index (χ3n) is 3.71. The van der Waals surface area contributed by atoms with Crippen molar-refractivity contribution in [3.8, 4) is 5.75 Å². The van der Waals surface area contributed by atoms with Crippen LogP contribution in [-0.4, -0.2) is 11.7 Å². The fraction of sp³-hybridized carbons (Fsp3) is 0.158. The molecule has 0 spiro atoms. The summed E-state index contributed by atoms with van der Waals surface area (Å²) < 4.78 is 19.9. The highest BCUT2D eigenvalue weighted by molar-refractivity contribution is 14.1. The standard InChI is InChI=1S/C19H16FIO2/c20-15-6-4-13(5-7-15)18(22)10-11-23-19-3-1-2-14-12-16(21)8-9-17(14)19/h1-9,12,18,22H,10-11H2. The van der Waals surface area contributed by atoms with Gasteiger partial charge < -0.3 is 9.84 Å². The minimum atomic E-state index is -0.661. The van der Waals surface area contributed by atoms with Gasteiger partial charge in [0.15, 0.2) is 0 Å². The minimum Gasteiger partial charge on any atom is -0.493 e. The van der Waals surface area contributed by atoms with Gasteiger partial charge in [-0.25, -0.2) is 4.39 Å². The number of fused-ring (bicyclic) bond motifs is 1. The Kier molecular flexibility index (Phi) is 5.13. The van der Waals surface area contributed by atoms with E-state index in [-0.39, 0.29) is 5.82 Å². The topological polar surface area (TPSA) is 29.5 Å². The first kappa shape index (κ1) is 16.2. The molecule has 1 N–H and O–H groups in total. The van der Waals surface area contributed by atoms with Gasteiger partial charge in [-0.15, -0.1) is 0 Å². The molecule has 0 radical (unpaired) electrons. The van der Waals surface area contributed by atoms with Crippen LogP contribution in [-0.2, 0) is 0 Å². The fourth-order valence-corrected chi connectivity index (χ4v) is 3.00. The van der Waals surface area contributed by atoms with Gasteiger partial charge in [-0.3, -0.25) is 0 Å². The number of halogens is 2. The van der Waals surface area contributed by atoms with E-state index in [1.54, 1.807) is 12.1 Å². The monoisotopic (exact) mass is 422 g/mol. The van der Waals surface area contributed by atoms with Crippen LogP contribution in [0.25, 0.3) is 10.8 Å². The first-order valence-electron chi connectivity index (χ1n) is 7.38. The van der Waals surface area contributed by atoms with Crippen LogP contribution in [0.3, 0.4) is 0 Å². The molecule has 0 saturated carbocycles. The van der Waals surface area contributed by atoms with Crippen LogP contribution < -0.4 is 4.74 Å². The average molecular weight is 422 g/mol. The first-order valence-corrected chi connectivity index (χ1v) is 8.46. The molecule has 0 aromatic heterocycles. The maximum Gasteiger partial charge on any atom is 0.127 e. The summed E-state index contributed by atoms with van der Waals surface area (Å²) >= 11 is 2.29. The van der Waals surface area contributed by atoms with Crippen LogP contribution in [0.5, 0.6) is 5.75 Å². The van der Waals surface area contributed by atoms with Crippen molar-refractivity contribution >= 4 is 33.4 Å². The molecule has 0 aliphatic rings. The van der Waals surface area contributed by atoms with Gasteiger partial charge in [-0.1, -0.05) is 24.3 Å². The second-order valence-corrected chi connectivity index (χ2v) is 6.57. The largest absolute Gasteiger partial charge is 0.493 e. The highest BCUT2D eigenvalue weighted by Gasteiger charge is 2.09. The normalized spacial score (nSPS) is 12.3. The van der Waals surface area contributed by atoms with E-state index < -0.39 is 6.10 Å². The molecule has 0 fully saturated rings. The molecule has 4 heteroatoms. The number of rotatable bonds is 5. The molecule has 0 amide bonds. The molecule has 3 rings (SSSR count). The lowest BCUT2D eigenvalue weighted by atomic mass is 10.1. The summed E-state index contributed by atoms with van der Waals surface area (Å²) in [6, 6.07) is 18.0. The van der Waals surface area contributed by atoms with Gasteiger partial charge in [0, 0.05) is 15.4 Å². The lowest BCUT2D eigenvalue weighted by Crippen LogP contribution is -2.05. The maximum absolute atomic E-state index is 12.9. The summed E-state index contributed by atoms with van der Waals surface area (Å²) in [4.78, 5) is 0. The van der Waals surface area contributed by atoms with E-state index in [2.05, 4.69) is 34.7 Å². The third-order valence-corrected chi connectivity index (χ3v) is 4.38. The summed E-state index contributed by atoms with van der Waals surface area (Å²) in [5.41, 5.74) is 0.697. The average Bonchev–Trinajstić information content (AvgIpc) is 2.55. The Morgan fingerprint density at radius 2 is 1.83 bits per heavy atom. The number of hydrogen-bond acceptors (Lipinski definition) is 2. The molecule has 118 valence electrons. The van der Waals surface area contributed by atoms with E-state index in [4.69, 9.17) is 4.74 Å². The van der Waals surface area contributed by atoms with Gasteiger partial charge in [0.1, 0.15) is 11.6 Å². The second kappa shape index (κ2) is 7.27. The van der Waals surface area contributed by atoms with Crippen molar-refractivity contribution in [3.05, 3.63) is 75.6 Å². The zero-order valence-electron chi connectivity index (χ0n) is 12.4. The Morgan fingerprint density at radius 1 is 1.04 bits per heavy atom. The van der Waals surface area contributed by atoms with E-state index in [0.717, 1.165) is 16.5 Å². The molecule has 2 nitrogen and oxygen atoms in total. The predicted molar refractivity (Wildman–Crippen MR) is 98.1 cm³/mol. The SMILES string of the molecule is OC(CCOc1cccc2cc(I)ccc12)c1ccc(F)cc1.